The molecule has 0 bridgehead atoms. The van der Waals surface area contributed by atoms with E-state index in [0.29, 0.717) is 17.4 Å². The molecular weight excluding hydrogens is 188 g/mol. The van der Waals surface area contributed by atoms with Crippen molar-refractivity contribution in [2.45, 2.75) is 12.5 Å². The van der Waals surface area contributed by atoms with Gasteiger partial charge in [0.2, 0.25) is 0 Å². The first kappa shape index (κ1) is 9.94. The van der Waals surface area contributed by atoms with Crippen LogP contribution < -0.4 is 5.32 Å². The van der Waals surface area contributed by atoms with Crippen molar-refractivity contribution < 1.29 is 0 Å². The lowest BCUT2D eigenvalue weighted by Gasteiger charge is -2.13. The summed E-state index contributed by atoms with van der Waals surface area (Å²) in [5, 5.41) is 12.2. The van der Waals surface area contributed by atoms with Crippen LogP contribution in [0.1, 0.15) is 12.0 Å². The SMILES string of the molecule is CN1CCC(Nc2ncccc2C#N)C1. The average Bonchev–Trinajstić information content (AvgIpc) is 2.65. The van der Waals surface area contributed by atoms with Crippen molar-refractivity contribution in [1.29, 1.82) is 5.26 Å². The largest absolute Gasteiger partial charge is 0.365 e. The first-order valence-electron chi connectivity index (χ1n) is 5.10. The number of anilines is 1. The molecule has 0 aromatic carbocycles. The van der Waals surface area contributed by atoms with Crippen LogP contribution in [-0.4, -0.2) is 36.1 Å². The Morgan fingerprint density at radius 1 is 1.67 bits per heavy atom. The summed E-state index contributed by atoms with van der Waals surface area (Å²) in [5.41, 5.74) is 0.618. The third-order valence-corrected chi connectivity index (χ3v) is 2.66. The summed E-state index contributed by atoms with van der Waals surface area (Å²) in [7, 11) is 2.10. The molecule has 1 atom stereocenters. The molecule has 1 unspecified atom stereocenters. The maximum atomic E-state index is 8.90. The minimum absolute atomic E-state index is 0.414. The summed E-state index contributed by atoms with van der Waals surface area (Å²) in [4.78, 5) is 6.46. The Bertz CT molecular complexity index is 382. The summed E-state index contributed by atoms with van der Waals surface area (Å²) in [6.07, 6.45) is 2.82. The fourth-order valence-corrected chi connectivity index (χ4v) is 1.86. The lowest BCUT2D eigenvalue weighted by Crippen LogP contribution is -2.24. The summed E-state index contributed by atoms with van der Waals surface area (Å²) in [5.74, 6) is 0.709. The van der Waals surface area contributed by atoms with Gasteiger partial charge in [-0.15, -0.1) is 0 Å². The van der Waals surface area contributed by atoms with Gasteiger partial charge in [0, 0.05) is 18.8 Å². The van der Waals surface area contributed by atoms with E-state index >= 15 is 0 Å². The Kier molecular flexibility index (Phi) is 2.84. The number of likely N-dealkylation sites (N-methyl/N-ethyl adjacent to an activating group) is 1. The van der Waals surface area contributed by atoms with Gasteiger partial charge in [-0.1, -0.05) is 0 Å². The predicted octanol–water partition coefficient (Wildman–Crippen LogP) is 1.07. The molecular formula is C11H14N4. The van der Waals surface area contributed by atoms with Gasteiger partial charge in [0.1, 0.15) is 11.9 Å². The molecule has 1 aromatic rings. The van der Waals surface area contributed by atoms with Crippen LogP contribution in [0.5, 0.6) is 0 Å². The van der Waals surface area contributed by atoms with Gasteiger partial charge in [0.25, 0.3) is 0 Å². The molecule has 2 heterocycles. The number of nitriles is 1. The number of hydrogen-bond donors (Lipinski definition) is 1. The Labute approximate surface area is 89.5 Å². The fourth-order valence-electron chi connectivity index (χ4n) is 1.86. The topological polar surface area (TPSA) is 52.0 Å². The minimum Gasteiger partial charge on any atom is -0.365 e. The van der Waals surface area contributed by atoms with E-state index in [9.17, 15) is 0 Å². The molecule has 0 amide bonds. The third kappa shape index (κ3) is 2.25. The van der Waals surface area contributed by atoms with Crippen LogP contribution in [0.15, 0.2) is 18.3 Å². The highest BCUT2D eigenvalue weighted by atomic mass is 15.2. The summed E-state index contributed by atoms with van der Waals surface area (Å²) in [6.45, 7) is 2.12. The first-order chi connectivity index (χ1) is 7.29. The number of rotatable bonds is 2. The second-order valence-electron chi connectivity index (χ2n) is 3.90. The van der Waals surface area contributed by atoms with Crippen molar-refractivity contribution in [1.82, 2.24) is 9.88 Å². The fraction of sp³-hybridized carbons (Fsp3) is 0.455. The van der Waals surface area contributed by atoms with Gasteiger partial charge in [0.05, 0.1) is 5.56 Å². The molecule has 1 aromatic heterocycles. The predicted molar refractivity (Wildman–Crippen MR) is 58.5 cm³/mol. The Balaban J connectivity index is 2.08. The zero-order valence-electron chi connectivity index (χ0n) is 8.77. The first-order valence-corrected chi connectivity index (χ1v) is 5.10. The van der Waals surface area contributed by atoms with Crippen LogP contribution in [0, 0.1) is 11.3 Å². The van der Waals surface area contributed by atoms with E-state index < -0.39 is 0 Å². The molecule has 78 valence electrons. The van der Waals surface area contributed by atoms with E-state index in [1.165, 1.54) is 0 Å². The molecule has 0 aliphatic carbocycles. The van der Waals surface area contributed by atoms with Gasteiger partial charge in [-0.2, -0.15) is 5.26 Å². The summed E-state index contributed by atoms with van der Waals surface area (Å²) < 4.78 is 0. The van der Waals surface area contributed by atoms with Gasteiger partial charge < -0.3 is 10.2 Å². The molecule has 2 rings (SSSR count). The zero-order valence-corrected chi connectivity index (χ0v) is 8.77. The van der Waals surface area contributed by atoms with E-state index in [2.05, 4.69) is 28.3 Å². The zero-order chi connectivity index (χ0) is 10.7. The molecule has 4 heteroatoms. The van der Waals surface area contributed by atoms with Gasteiger partial charge in [0.15, 0.2) is 0 Å². The van der Waals surface area contributed by atoms with Crippen molar-refractivity contribution in [2.75, 3.05) is 25.5 Å². The van der Waals surface area contributed by atoms with Crippen molar-refractivity contribution in [3.63, 3.8) is 0 Å². The monoisotopic (exact) mass is 202 g/mol. The second-order valence-corrected chi connectivity index (χ2v) is 3.90. The molecule has 4 nitrogen and oxygen atoms in total. The molecule has 0 spiro atoms. The summed E-state index contributed by atoms with van der Waals surface area (Å²) in [6, 6.07) is 6.12. The van der Waals surface area contributed by atoms with Gasteiger partial charge >= 0.3 is 0 Å². The number of pyridine rings is 1. The van der Waals surface area contributed by atoms with Crippen LogP contribution >= 0.6 is 0 Å². The number of nitrogens with one attached hydrogen (secondary N) is 1. The number of hydrogen-bond acceptors (Lipinski definition) is 4. The Hall–Kier alpha value is -1.60. The van der Waals surface area contributed by atoms with Crippen LogP contribution in [0.4, 0.5) is 5.82 Å². The average molecular weight is 202 g/mol. The molecule has 1 N–H and O–H groups in total. The molecule has 1 fully saturated rings. The standard InChI is InChI=1S/C11H14N4/c1-15-6-4-10(8-15)14-11-9(7-12)3-2-5-13-11/h2-3,5,10H,4,6,8H2,1H3,(H,13,14). The van der Waals surface area contributed by atoms with E-state index in [4.69, 9.17) is 5.26 Å². The molecule has 1 saturated heterocycles. The molecule has 1 aliphatic heterocycles. The van der Waals surface area contributed by atoms with E-state index in [1.54, 1.807) is 18.3 Å². The number of likely N-dealkylation sites (tertiary alicyclic amines) is 1. The number of aromatic nitrogens is 1. The van der Waals surface area contributed by atoms with Crippen LogP contribution in [0.2, 0.25) is 0 Å². The highest BCUT2D eigenvalue weighted by Gasteiger charge is 2.20. The lowest BCUT2D eigenvalue weighted by molar-refractivity contribution is 0.414. The highest BCUT2D eigenvalue weighted by Crippen LogP contribution is 2.15. The summed E-state index contributed by atoms with van der Waals surface area (Å²) >= 11 is 0. The Morgan fingerprint density at radius 3 is 3.20 bits per heavy atom. The van der Waals surface area contributed by atoms with Gasteiger partial charge in [-0.05, 0) is 32.1 Å². The van der Waals surface area contributed by atoms with E-state index in [-0.39, 0.29) is 0 Å². The molecule has 0 saturated carbocycles. The highest BCUT2D eigenvalue weighted by molar-refractivity contribution is 5.51. The maximum Gasteiger partial charge on any atom is 0.144 e. The molecule has 0 radical (unpaired) electrons. The van der Waals surface area contributed by atoms with Crippen molar-refractivity contribution >= 4 is 5.82 Å². The number of nitrogens with zero attached hydrogens (tertiary/aromatic N) is 3. The van der Waals surface area contributed by atoms with Crippen LogP contribution in [-0.2, 0) is 0 Å². The van der Waals surface area contributed by atoms with Crippen LogP contribution in [0.25, 0.3) is 0 Å². The normalized spacial score (nSPS) is 21.2. The smallest absolute Gasteiger partial charge is 0.144 e. The van der Waals surface area contributed by atoms with Crippen molar-refractivity contribution in [3.8, 4) is 6.07 Å². The van der Waals surface area contributed by atoms with Crippen LogP contribution in [0.3, 0.4) is 0 Å². The van der Waals surface area contributed by atoms with Crippen molar-refractivity contribution in [3.05, 3.63) is 23.9 Å². The molecule has 15 heavy (non-hydrogen) atoms. The van der Waals surface area contributed by atoms with E-state index in [0.717, 1.165) is 19.5 Å². The lowest BCUT2D eigenvalue weighted by atomic mass is 10.2. The maximum absolute atomic E-state index is 8.90. The van der Waals surface area contributed by atoms with Gasteiger partial charge in [-0.3, -0.25) is 0 Å². The second kappa shape index (κ2) is 4.28. The molecule has 1 aliphatic rings. The quantitative estimate of drug-likeness (QED) is 0.779. The third-order valence-electron chi connectivity index (χ3n) is 2.66. The van der Waals surface area contributed by atoms with E-state index in [1.807, 2.05) is 0 Å². The minimum atomic E-state index is 0.414. The Morgan fingerprint density at radius 2 is 2.53 bits per heavy atom. The van der Waals surface area contributed by atoms with Crippen molar-refractivity contribution in [2.24, 2.45) is 0 Å². The van der Waals surface area contributed by atoms with Gasteiger partial charge in [-0.25, -0.2) is 4.98 Å².